The van der Waals surface area contributed by atoms with E-state index in [1.807, 2.05) is 0 Å². The first-order valence-electron chi connectivity index (χ1n) is 4.70. The average molecular weight is 242 g/mol. The molecule has 1 nitrogen and oxygen atoms in total. The maximum Gasteiger partial charge on any atom is 0.0175 e. The van der Waals surface area contributed by atoms with Crippen LogP contribution in [-0.4, -0.2) is 12.6 Å². The van der Waals surface area contributed by atoms with Crippen molar-refractivity contribution in [1.29, 1.82) is 0 Å². The highest BCUT2D eigenvalue weighted by Crippen LogP contribution is 2.11. The van der Waals surface area contributed by atoms with Gasteiger partial charge in [-0.1, -0.05) is 35.0 Å². The molecule has 0 spiro atoms. The molecule has 0 fully saturated rings. The van der Waals surface area contributed by atoms with Gasteiger partial charge in [-0.15, -0.1) is 0 Å². The van der Waals surface area contributed by atoms with Crippen molar-refractivity contribution in [2.24, 2.45) is 0 Å². The third-order valence-electron chi connectivity index (χ3n) is 2.01. The van der Waals surface area contributed by atoms with Crippen molar-refractivity contribution < 1.29 is 0 Å². The van der Waals surface area contributed by atoms with Gasteiger partial charge in [-0.2, -0.15) is 0 Å². The molecule has 0 aliphatic carbocycles. The summed E-state index contributed by atoms with van der Waals surface area (Å²) in [6, 6.07) is 9.07. The summed E-state index contributed by atoms with van der Waals surface area (Å²) in [6.45, 7) is 5.39. The lowest BCUT2D eigenvalue weighted by Gasteiger charge is -2.11. The molecule has 72 valence electrons. The smallest absolute Gasteiger partial charge is 0.0175 e. The van der Waals surface area contributed by atoms with Crippen molar-refractivity contribution in [3.63, 3.8) is 0 Å². The van der Waals surface area contributed by atoms with Gasteiger partial charge in [0, 0.05) is 10.5 Å². The Labute approximate surface area is 88.7 Å². The van der Waals surface area contributed by atoms with Crippen LogP contribution >= 0.6 is 15.9 Å². The highest BCUT2D eigenvalue weighted by atomic mass is 79.9. The van der Waals surface area contributed by atoms with E-state index in [-0.39, 0.29) is 0 Å². The lowest BCUT2D eigenvalue weighted by molar-refractivity contribution is 0.565. The average Bonchev–Trinajstić information content (AvgIpc) is 2.09. The Morgan fingerprint density at radius 2 is 1.92 bits per heavy atom. The Hall–Kier alpha value is -0.340. The molecule has 0 heterocycles. The third-order valence-corrected chi connectivity index (χ3v) is 2.54. The number of benzene rings is 1. The summed E-state index contributed by atoms with van der Waals surface area (Å²) < 4.78 is 1.15. The molecule has 1 unspecified atom stereocenters. The Bertz CT molecular complexity index is 243. The van der Waals surface area contributed by atoms with E-state index in [0.29, 0.717) is 6.04 Å². The van der Waals surface area contributed by atoms with Gasteiger partial charge in [0.25, 0.3) is 0 Å². The van der Waals surface area contributed by atoms with E-state index in [1.54, 1.807) is 0 Å². The van der Waals surface area contributed by atoms with Crippen molar-refractivity contribution in [3.05, 3.63) is 34.3 Å². The molecule has 1 N–H and O–H groups in total. The first kappa shape index (κ1) is 10.7. The molecular weight excluding hydrogens is 226 g/mol. The van der Waals surface area contributed by atoms with E-state index in [4.69, 9.17) is 0 Å². The van der Waals surface area contributed by atoms with Gasteiger partial charge in [0.2, 0.25) is 0 Å². The molecule has 0 amide bonds. The van der Waals surface area contributed by atoms with Crippen LogP contribution in [0.2, 0.25) is 0 Å². The normalized spacial score (nSPS) is 12.8. The molecule has 0 aromatic heterocycles. The van der Waals surface area contributed by atoms with Crippen LogP contribution in [0.15, 0.2) is 28.7 Å². The van der Waals surface area contributed by atoms with Gasteiger partial charge < -0.3 is 5.32 Å². The fourth-order valence-electron chi connectivity index (χ4n) is 1.39. The summed E-state index contributed by atoms with van der Waals surface area (Å²) in [4.78, 5) is 0. The number of halogens is 1. The minimum atomic E-state index is 0.561. The van der Waals surface area contributed by atoms with Gasteiger partial charge in [0.15, 0.2) is 0 Å². The highest BCUT2D eigenvalue weighted by Gasteiger charge is 2.00. The minimum absolute atomic E-state index is 0.561. The summed E-state index contributed by atoms with van der Waals surface area (Å²) >= 11 is 3.43. The van der Waals surface area contributed by atoms with E-state index >= 15 is 0 Å². The summed E-state index contributed by atoms with van der Waals surface area (Å²) in [6.07, 6.45) is 1.10. The molecule has 0 radical (unpaired) electrons. The number of likely N-dealkylation sites (N-methyl/N-ethyl adjacent to an activating group) is 1. The zero-order chi connectivity index (χ0) is 9.68. The maximum atomic E-state index is 3.43. The van der Waals surface area contributed by atoms with Crippen molar-refractivity contribution in [2.75, 3.05) is 6.54 Å². The molecule has 13 heavy (non-hydrogen) atoms. The molecule has 1 aromatic rings. The van der Waals surface area contributed by atoms with Crippen LogP contribution in [0.3, 0.4) is 0 Å². The molecular formula is C11H16BrN. The standard InChI is InChI=1S/C11H16BrN/c1-3-13-9(2)8-10-4-6-11(12)7-5-10/h4-7,9,13H,3,8H2,1-2H3. The number of hydrogen-bond donors (Lipinski definition) is 1. The van der Waals surface area contributed by atoms with Gasteiger partial charge in [0.1, 0.15) is 0 Å². The fourth-order valence-corrected chi connectivity index (χ4v) is 1.66. The first-order chi connectivity index (χ1) is 6.22. The Morgan fingerprint density at radius 1 is 1.31 bits per heavy atom. The quantitative estimate of drug-likeness (QED) is 0.855. The van der Waals surface area contributed by atoms with Crippen LogP contribution in [0, 0.1) is 0 Å². The van der Waals surface area contributed by atoms with Gasteiger partial charge in [-0.25, -0.2) is 0 Å². The first-order valence-corrected chi connectivity index (χ1v) is 5.49. The highest BCUT2D eigenvalue weighted by molar-refractivity contribution is 9.10. The van der Waals surface area contributed by atoms with E-state index in [2.05, 4.69) is 59.4 Å². The maximum absolute atomic E-state index is 3.43. The summed E-state index contributed by atoms with van der Waals surface area (Å²) in [7, 11) is 0. The molecule has 0 aliphatic rings. The summed E-state index contributed by atoms with van der Waals surface area (Å²) in [5.41, 5.74) is 1.39. The van der Waals surface area contributed by atoms with Crippen LogP contribution < -0.4 is 5.32 Å². The van der Waals surface area contributed by atoms with Gasteiger partial charge >= 0.3 is 0 Å². The monoisotopic (exact) mass is 241 g/mol. The second kappa shape index (κ2) is 5.40. The molecule has 0 saturated heterocycles. The van der Waals surface area contributed by atoms with Crippen LogP contribution in [0.1, 0.15) is 19.4 Å². The van der Waals surface area contributed by atoms with Crippen molar-refractivity contribution >= 4 is 15.9 Å². The van der Waals surface area contributed by atoms with Crippen molar-refractivity contribution in [3.8, 4) is 0 Å². The van der Waals surface area contributed by atoms with E-state index in [0.717, 1.165) is 17.4 Å². The minimum Gasteiger partial charge on any atom is -0.314 e. The zero-order valence-electron chi connectivity index (χ0n) is 8.18. The molecule has 0 saturated carbocycles. The number of hydrogen-bond acceptors (Lipinski definition) is 1. The van der Waals surface area contributed by atoms with Gasteiger partial charge in [0.05, 0.1) is 0 Å². The molecule has 2 heteroatoms. The Balaban J connectivity index is 2.49. The zero-order valence-corrected chi connectivity index (χ0v) is 9.76. The second-order valence-corrected chi connectivity index (χ2v) is 4.20. The van der Waals surface area contributed by atoms with Crippen LogP contribution in [0.25, 0.3) is 0 Å². The molecule has 1 aromatic carbocycles. The van der Waals surface area contributed by atoms with Crippen molar-refractivity contribution in [1.82, 2.24) is 5.32 Å². The van der Waals surface area contributed by atoms with Gasteiger partial charge in [-0.05, 0) is 37.6 Å². The van der Waals surface area contributed by atoms with E-state index in [9.17, 15) is 0 Å². The molecule has 0 bridgehead atoms. The second-order valence-electron chi connectivity index (χ2n) is 3.29. The SMILES string of the molecule is CCNC(C)Cc1ccc(Br)cc1. The predicted molar refractivity (Wildman–Crippen MR) is 61.0 cm³/mol. The lowest BCUT2D eigenvalue weighted by Crippen LogP contribution is -2.27. The van der Waals surface area contributed by atoms with Crippen molar-refractivity contribution in [2.45, 2.75) is 26.3 Å². The fraction of sp³-hybridized carbons (Fsp3) is 0.455. The van der Waals surface area contributed by atoms with Crippen LogP contribution in [-0.2, 0) is 6.42 Å². The van der Waals surface area contributed by atoms with E-state index < -0.39 is 0 Å². The van der Waals surface area contributed by atoms with Gasteiger partial charge in [-0.3, -0.25) is 0 Å². The number of nitrogens with one attached hydrogen (secondary N) is 1. The topological polar surface area (TPSA) is 12.0 Å². The third kappa shape index (κ3) is 3.92. The van der Waals surface area contributed by atoms with Crippen LogP contribution in [0.4, 0.5) is 0 Å². The number of rotatable bonds is 4. The predicted octanol–water partition coefficient (Wildman–Crippen LogP) is 2.99. The largest absolute Gasteiger partial charge is 0.314 e. The molecule has 0 aliphatic heterocycles. The summed E-state index contributed by atoms with van der Waals surface area (Å²) in [5, 5.41) is 3.40. The molecule has 1 atom stereocenters. The van der Waals surface area contributed by atoms with Crippen LogP contribution in [0.5, 0.6) is 0 Å². The molecule has 1 rings (SSSR count). The lowest BCUT2D eigenvalue weighted by atomic mass is 10.1. The Morgan fingerprint density at radius 3 is 2.46 bits per heavy atom. The Kier molecular flexibility index (Phi) is 4.46. The van der Waals surface area contributed by atoms with E-state index in [1.165, 1.54) is 5.56 Å². The summed E-state index contributed by atoms with van der Waals surface area (Å²) in [5.74, 6) is 0.